The maximum Gasteiger partial charge on any atom is 0.254 e. The Morgan fingerprint density at radius 1 is 1.12 bits per heavy atom. The van der Waals surface area contributed by atoms with E-state index in [0.29, 0.717) is 18.0 Å². The van der Waals surface area contributed by atoms with E-state index < -0.39 is 17.5 Å². The highest BCUT2D eigenvalue weighted by atomic mass is 19.1. The van der Waals surface area contributed by atoms with E-state index >= 15 is 0 Å². The molecule has 3 aromatic rings. The average Bonchev–Trinajstić information content (AvgIpc) is 2.82. The van der Waals surface area contributed by atoms with Crippen LogP contribution in [0.4, 0.5) is 8.78 Å². The molecule has 2 N–H and O–H groups in total. The molecular weight excluding hydrogens is 430 g/mol. The molecule has 0 saturated carbocycles. The van der Waals surface area contributed by atoms with E-state index in [1.165, 1.54) is 18.2 Å². The second-order valence-electron chi connectivity index (χ2n) is 7.62. The lowest BCUT2D eigenvalue weighted by Gasteiger charge is -2.29. The fourth-order valence-corrected chi connectivity index (χ4v) is 3.66. The molecule has 7 nitrogen and oxygen atoms in total. The van der Waals surface area contributed by atoms with Crippen molar-refractivity contribution in [2.24, 2.45) is 5.73 Å². The predicted octanol–water partition coefficient (Wildman–Crippen LogP) is 4.70. The van der Waals surface area contributed by atoms with Crippen molar-refractivity contribution in [1.82, 2.24) is 9.88 Å². The largest absolute Gasteiger partial charge is 0.454 e. The van der Waals surface area contributed by atoms with Gasteiger partial charge in [0, 0.05) is 31.3 Å². The van der Waals surface area contributed by atoms with Crippen LogP contribution in [-0.2, 0) is 0 Å². The Hall–Kier alpha value is -4.19. The third-order valence-corrected chi connectivity index (χ3v) is 5.33. The normalized spacial score (nSPS) is 15.5. The van der Waals surface area contributed by atoms with Gasteiger partial charge < -0.3 is 20.1 Å². The molecule has 33 heavy (non-hydrogen) atoms. The minimum atomic E-state index is -0.818. The summed E-state index contributed by atoms with van der Waals surface area (Å²) in [4.78, 5) is 18.0. The summed E-state index contributed by atoms with van der Waals surface area (Å²) in [5, 5.41) is 9.16. The van der Waals surface area contributed by atoms with Gasteiger partial charge in [0.2, 0.25) is 5.88 Å². The van der Waals surface area contributed by atoms with Gasteiger partial charge in [-0.25, -0.2) is 13.8 Å². The quantitative estimate of drug-likeness (QED) is 0.546. The summed E-state index contributed by atoms with van der Waals surface area (Å²) in [5.41, 5.74) is 6.51. The first-order chi connectivity index (χ1) is 15.9. The summed E-state index contributed by atoms with van der Waals surface area (Å²) in [6.07, 6.45) is 5.54. The number of nitriles is 1. The molecule has 0 radical (unpaired) electrons. The maximum atomic E-state index is 13.8. The van der Waals surface area contributed by atoms with Crippen LogP contribution in [0.3, 0.4) is 0 Å². The van der Waals surface area contributed by atoms with Crippen LogP contribution in [0.2, 0.25) is 0 Å². The van der Waals surface area contributed by atoms with Gasteiger partial charge in [-0.3, -0.25) is 4.79 Å². The lowest BCUT2D eigenvalue weighted by molar-refractivity contribution is 0.0997. The van der Waals surface area contributed by atoms with Crippen molar-refractivity contribution in [2.45, 2.75) is 18.8 Å². The van der Waals surface area contributed by atoms with Crippen LogP contribution in [0.25, 0.3) is 0 Å². The van der Waals surface area contributed by atoms with Crippen LogP contribution in [-0.4, -0.2) is 28.9 Å². The van der Waals surface area contributed by atoms with E-state index in [1.807, 2.05) is 0 Å². The number of carbonyl (C=O) groups is 1. The Kier molecular flexibility index (Phi) is 6.36. The second kappa shape index (κ2) is 9.53. The summed E-state index contributed by atoms with van der Waals surface area (Å²) < 4.78 is 38.0. The Morgan fingerprint density at radius 2 is 1.85 bits per heavy atom. The molecule has 1 atom stereocenters. The topological polar surface area (TPSA) is 101 Å². The number of halogens is 2. The van der Waals surface area contributed by atoms with Crippen molar-refractivity contribution in [2.75, 3.05) is 13.1 Å². The SMILES string of the molecule is N#CN1CCC[C@H](c2cnc(Oc3ccc(Oc4ccc(F)cc4F)cc3)c(C(N)=O)c2)C1. The van der Waals surface area contributed by atoms with Crippen LogP contribution in [0.1, 0.15) is 34.7 Å². The number of rotatable bonds is 6. The Labute approximate surface area is 189 Å². The van der Waals surface area contributed by atoms with Crippen molar-refractivity contribution < 1.29 is 23.0 Å². The third-order valence-electron chi connectivity index (χ3n) is 5.33. The molecule has 4 rings (SSSR count). The number of carbonyl (C=O) groups excluding carboxylic acids is 1. The summed E-state index contributed by atoms with van der Waals surface area (Å²) in [6, 6.07) is 10.9. The molecule has 1 fully saturated rings. The van der Waals surface area contributed by atoms with Crippen molar-refractivity contribution in [3.63, 3.8) is 0 Å². The van der Waals surface area contributed by atoms with E-state index in [2.05, 4.69) is 11.2 Å². The maximum absolute atomic E-state index is 13.8. The predicted molar refractivity (Wildman–Crippen MR) is 115 cm³/mol. The molecule has 1 aliphatic rings. The number of amides is 1. The summed E-state index contributed by atoms with van der Waals surface area (Å²) in [7, 11) is 0. The first-order valence-corrected chi connectivity index (χ1v) is 10.3. The number of hydrogen-bond donors (Lipinski definition) is 1. The second-order valence-corrected chi connectivity index (χ2v) is 7.62. The van der Waals surface area contributed by atoms with E-state index in [-0.39, 0.29) is 23.1 Å². The van der Waals surface area contributed by atoms with Gasteiger partial charge in [0.25, 0.3) is 5.91 Å². The molecule has 2 aromatic carbocycles. The highest BCUT2D eigenvalue weighted by Crippen LogP contribution is 2.32. The number of likely N-dealkylation sites (tertiary alicyclic amines) is 1. The first kappa shape index (κ1) is 22.0. The molecule has 0 unspecified atom stereocenters. The van der Waals surface area contributed by atoms with Crippen LogP contribution in [0.5, 0.6) is 23.1 Å². The van der Waals surface area contributed by atoms with Gasteiger partial charge in [0.15, 0.2) is 17.8 Å². The van der Waals surface area contributed by atoms with Crippen LogP contribution >= 0.6 is 0 Å². The molecule has 0 spiro atoms. The summed E-state index contributed by atoms with van der Waals surface area (Å²) >= 11 is 0. The molecule has 168 valence electrons. The lowest BCUT2D eigenvalue weighted by atomic mass is 9.91. The van der Waals surface area contributed by atoms with Crippen molar-refractivity contribution >= 4 is 5.91 Å². The molecule has 9 heteroatoms. The van der Waals surface area contributed by atoms with E-state index in [0.717, 1.165) is 37.1 Å². The van der Waals surface area contributed by atoms with Crippen molar-refractivity contribution in [3.8, 4) is 29.3 Å². The van der Waals surface area contributed by atoms with Crippen LogP contribution in [0.15, 0.2) is 54.7 Å². The highest BCUT2D eigenvalue weighted by Gasteiger charge is 2.23. The van der Waals surface area contributed by atoms with Gasteiger partial charge in [-0.2, -0.15) is 5.26 Å². The van der Waals surface area contributed by atoms with Crippen LogP contribution in [0, 0.1) is 23.1 Å². The van der Waals surface area contributed by atoms with E-state index in [4.69, 9.17) is 20.5 Å². The van der Waals surface area contributed by atoms with E-state index in [9.17, 15) is 13.6 Å². The molecule has 0 aliphatic carbocycles. The average molecular weight is 450 g/mol. The smallest absolute Gasteiger partial charge is 0.254 e. The lowest BCUT2D eigenvalue weighted by Crippen LogP contribution is -2.30. The zero-order chi connectivity index (χ0) is 23.4. The number of hydrogen-bond acceptors (Lipinski definition) is 6. The minimum absolute atomic E-state index is 0.0532. The standard InChI is InChI=1S/C24H20F2N4O3/c25-17-3-8-22(21(26)11-17)32-18-4-6-19(7-5-18)33-24-20(23(28)31)10-16(12-29-24)15-2-1-9-30(13-15)14-27/h3-8,10-12,15H,1-2,9,13H2,(H2,28,31)/t15-/m0/s1. The van der Waals surface area contributed by atoms with Gasteiger partial charge >= 0.3 is 0 Å². The van der Waals surface area contributed by atoms with Gasteiger partial charge in [-0.1, -0.05) is 0 Å². The minimum Gasteiger partial charge on any atom is -0.454 e. The third kappa shape index (κ3) is 5.18. The molecule has 2 heterocycles. The molecule has 1 amide bonds. The number of pyridine rings is 1. The monoisotopic (exact) mass is 450 g/mol. The van der Waals surface area contributed by atoms with Crippen molar-refractivity contribution in [3.05, 3.63) is 77.5 Å². The first-order valence-electron chi connectivity index (χ1n) is 10.3. The number of benzene rings is 2. The number of piperidine rings is 1. The van der Waals surface area contributed by atoms with Crippen molar-refractivity contribution in [1.29, 1.82) is 5.26 Å². The molecule has 1 aromatic heterocycles. The number of primary amides is 1. The fourth-order valence-electron chi connectivity index (χ4n) is 3.66. The molecule has 0 bridgehead atoms. The Balaban J connectivity index is 1.50. The summed E-state index contributed by atoms with van der Waals surface area (Å²) in [6.45, 7) is 1.28. The Morgan fingerprint density at radius 3 is 2.52 bits per heavy atom. The van der Waals surface area contributed by atoms with Gasteiger partial charge in [0.05, 0.1) is 0 Å². The van der Waals surface area contributed by atoms with Crippen LogP contribution < -0.4 is 15.2 Å². The van der Waals surface area contributed by atoms with Gasteiger partial charge in [-0.15, -0.1) is 0 Å². The molecule has 1 aliphatic heterocycles. The van der Waals surface area contributed by atoms with E-state index in [1.54, 1.807) is 29.3 Å². The number of nitrogens with two attached hydrogens (primary N) is 1. The highest BCUT2D eigenvalue weighted by molar-refractivity contribution is 5.95. The fraction of sp³-hybridized carbons (Fsp3) is 0.208. The number of aromatic nitrogens is 1. The molecular formula is C24H20F2N4O3. The summed E-state index contributed by atoms with van der Waals surface area (Å²) in [5.74, 6) is -1.52. The molecule has 1 saturated heterocycles. The number of ether oxygens (including phenoxy) is 2. The Bertz CT molecular complexity index is 1210. The zero-order valence-corrected chi connectivity index (χ0v) is 17.5. The zero-order valence-electron chi connectivity index (χ0n) is 17.5. The van der Waals surface area contributed by atoms with Gasteiger partial charge in [0.1, 0.15) is 22.9 Å². The number of nitrogens with zero attached hydrogens (tertiary/aromatic N) is 3. The van der Waals surface area contributed by atoms with Gasteiger partial charge in [-0.05, 0) is 60.9 Å².